The molecule has 4 nitrogen and oxygen atoms in total. The number of aromatic nitrogens is 2. The van der Waals surface area contributed by atoms with E-state index in [1.54, 1.807) is 18.6 Å². The fourth-order valence-electron chi connectivity index (χ4n) is 1.15. The van der Waals surface area contributed by atoms with Gasteiger partial charge in [0.15, 0.2) is 0 Å². The fourth-order valence-corrected chi connectivity index (χ4v) is 1.15. The number of nitrogens with zero attached hydrogens (tertiary/aromatic N) is 3. The summed E-state index contributed by atoms with van der Waals surface area (Å²) in [5.41, 5.74) is 4.82. The third kappa shape index (κ3) is 2.91. The van der Waals surface area contributed by atoms with Crippen LogP contribution >= 0.6 is 0 Å². The second-order valence-corrected chi connectivity index (χ2v) is 3.36. The van der Waals surface area contributed by atoms with Crippen molar-refractivity contribution in [2.45, 2.75) is 0 Å². The third-order valence-corrected chi connectivity index (χ3v) is 1.96. The van der Waals surface area contributed by atoms with Crippen molar-refractivity contribution in [2.24, 2.45) is 5.10 Å². The first-order valence-electron chi connectivity index (χ1n) is 4.97. The Morgan fingerprint density at radius 2 is 1.81 bits per heavy atom. The number of benzene rings is 1. The first-order valence-corrected chi connectivity index (χ1v) is 4.97. The van der Waals surface area contributed by atoms with Gasteiger partial charge in [-0.3, -0.25) is 0 Å². The van der Waals surface area contributed by atoms with Gasteiger partial charge >= 0.3 is 0 Å². The highest BCUT2D eigenvalue weighted by Crippen LogP contribution is 1.95. The monoisotopic (exact) mass is 210 g/mol. The van der Waals surface area contributed by atoms with Gasteiger partial charge in [-0.2, -0.15) is 5.10 Å². The Bertz CT molecular complexity index is 467. The molecule has 0 radical (unpaired) electrons. The lowest BCUT2D eigenvalue weighted by molar-refractivity contribution is 1.13. The maximum absolute atomic E-state index is 4.07. The Morgan fingerprint density at radius 1 is 1.12 bits per heavy atom. The molecule has 0 saturated carbocycles. The van der Waals surface area contributed by atoms with E-state index in [2.05, 4.69) is 20.5 Å². The molecule has 0 saturated heterocycles. The Balaban J connectivity index is 1.97. The number of hydrazone groups is 1. The van der Waals surface area contributed by atoms with Crippen molar-refractivity contribution < 1.29 is 0 Å². The summed E-state index contributed by atoms with van der Waals surface area (Å²) in [5.74, 6) is 0.498. The standard InChI is InChI=1S/C11H11BN4/c12-10-7-13-11(14-8-10)16-15-6-9-4-2-1-3-5-9/h1-8H,12H2,(H,13,14,16)/b15-6+. The number of hydrogen-bond donors (Lipinski definition) is 1. The molecule has 5 heteroatoms. The van der Waals surface area contributed by atoms with Gasteiger partial charge in [0, 0.05) is 12.4 Å². The van der Waals surface area contributed by atoms with E-state index in [1.807, 2.05) is 38.2 Å². The van der Waals surface area contributed by atoms with Crippen LogP contribution in [0.3, 0.4) is 0 Å². The lowest BCUT2D eigenvalue weighted by Gasteiger charge is -1.97. The topological polar surface area (TPSA) is 50.2 Å². The van der Waals surface area contributed by atoms with Gasteiger partial charge < -0.3 is 0 Å². The van der Waals surface area contributed by atoms with Gasteiger partial charge in [0.25, 0.3) is 0 Å². The van der Waals surface area contributed by atoms with Crippen LogP contribution in [0.15, 0.2) is 47.8 Å². The van der Waals surface area contributed by atoms with Gasteiger partial charge in [-0.25, -0.2) is 15.4 Å². The normalized spacial score (nSPS) is 10.5. The fraction of sp³-hybridized carbons (Fsp3) is 0. The highest BCUT2D eigenvalue weighted by atomic mass is 15.3. The zero-order chi connectivity index (χ0) is 11.2. The lowest BCUT2D eigenvalue weighted by Crippen LogP contribution is -2.06. The third-order valence-electron chi connectivity index (χ3n) is 1.96. The number of anilines is 1. The first kappa shape index (κ1) is 10.4. The molecule has 2 aromatic rings. The average molecular weight is 210 g/mol. The quantitative estimate of drug-likeness (QED) is 0.446. The van der Waals surface area contributed by atoms with Crippen molar-refractivity contribution in [3.63, 3.8) is 0 Å². The van der Waals surface area contributed by atoms with E-state index in [0.29, 0.717) is 5.95 Å². The molecule has 0 aliphatic heterocycles. The minimum atomic E-state index is 0.498. The molecular weight excluding hydrogens is 199 g/mol. The summed E-state index contributed by atoms with van der Waals surface area (Å²) >= 11 is 0. The molecule has 0 atom stereocenters. The van der Waals surface area contributed by atoms with Crippen molar-refractivity contribution in [2.75, 3.05) is 5.43 Å². The summed E-state index contributed by atoms with van der Waals surface area (Å²) in [7, 11) is 1.94. The van der Waals surface area contributed by atoms with E-state index in [0.717, 1.165) is 11.0 Å². The molecule has 0 aliphatic rings. The minimum Gasteiger partial charge on any atom is -0.245 e. The van der Waals surface area contributed by atoms with Crippen LogP contribution < -0.4 is 10.9 Å². The van der Waals surface area contributed by atoms with Crippen molar-refractivity contribution in [3.05, 3.63) is 48.3 Å². The molecule has 0 aliphatic carbocycles. The second-order valence-electron chi connectivity index (χ2n) is 3.36. The van der Waals surface area contributed by atoms with Crippen LogP contribution in [0.4, 0.5) is 5.95 Å². The van der Waals surface area contributed by atoms with E-state index in [9.17, 15) is 0 Å². The SMILES string of the molecule is Bc1cnc(N/N=C/c2ccccc2)nc1. The second kappa shape index (κ2) is 5.07. The summed E-state index contributed by atoms with van der Waals surface area (Å²) in [6.45, 7) is 0. The predicted molar refractivity (Wildman–Crippen MR) is 67.9 cm³/mol. The summed E-state index contributed by atoms with van der Waals surface area (Å²) in [6.07, 6.45) is 5.21. The van der Waals surface area contributed by atoms with Gasteiger partial charge in [-0.1, -0.05) is 35.8 Å². The Kier molecular flexibility index (Phi) is 3.28. The van der Waals surface area contributed by atoms with Crippen molar-refractivity contribution >= 4 is 25.5 Å². The van der Waals surface area contributed by atoms with Crippen LogP contribution in [0.1, 0.15) is 5.56 Å². The molecule has 78 valence electrons. The molecule has 0 amide bonds. The van der Waals surface area contributed by atoms with Crippen LogP contribution in [0.5, 0.6) is 0 Å². The zero-order valence-electron chi connectivity index (χ0n) is 8.96. The smallest absolute Gasteiger partial charge is 0.243 e. The maximum Gasteiger partial charge on any atom is 0.243 e. The van der Waals surface area contributed by atoms with Crippen molar-refractivity contribution in [3.8, 4) is 0 Å². The molecule has 1 aromatic heterocycles. The van der Waals surface area contributed by atoms with Gasteiger partial charge in [-0.15, -0.1) is 0 Å². The van der Waals surface area contributed by atoms with E-state index in [4.69, 9.17) is 0 Å². The number of nitrogens with one attached hydrogen (secondary N) is 1. The van der Waals surface area contributed by atoms with Crippen LogP contribution in [0, 0.1) is 0 Å². The van der Waals surface area contributed by atoms with E-state index < -0.39 is 0 Å². The molecular formula is C11H11BN4. The van der Waals surface area contributed by atoms with Gasteiger partial charge in [0.2, 0.25) is 5.95 Å². The molecule has 1 aromatic carbocycles. The minimum absolute atomic E-state index is 0.498. The largest absolute Gasteiger partial charge is 0.245 e. The Morgan fingerprint density at radius 3 is 2.50 bits per heavy atom. The maximum atomic E-state index is 4.07. The molecule has 0 unspecified atom stereocenters. The highest BCUT2D eigenvalue weighted by Gasteiger charge is 1.91. The molecule has 0 fully saturated rings. The first-order chi connectivity index (χ1) is 7.84. The molecule has 2 rings (SSSR count). The Hall–Kier alpha value is -2.17. The predicted octanol–water partition coefficient (Wildman–Crippen LogP) is 0.181. The molecule has 16 heavy (non-hydrogen) atoms. The van der Waals surface area contributed by atoms with Crippen LogP contribution in [-0.2, 0) is 0 Å². The number of rotatable bonds is 3. The lowest BCUT2D eigenvalue weighted by atomic mass is 10.0. The van der Waals surface area contributed by atoms with Gasteiger partial charge in [-0.05, 0) is 5.56 Å². The van der Waals surface area contributed by atoms with Crippen LogP contribution in [-0.4, -0.2) is 24.0 Å². The van der Waals surface area contributed by atoms with Crippen LogP contribution in [0.2, 0.25) is 0 Å². The molecule has 1 N–H and O–H groups in total. The molecule has 1 heterocycles. The van der Waals surface area contributed by atoms with E-state index in [-0.39, 0.29) is 0 Å². The van der Waals surface area contributed by atoms with Crippen molar-refractivity contribution in [1.29, 1.82) is 0 Å². The zero-order valence-corrected chi connectivity index (χ0v) is 8.96. The van der Waals surface area contributed by atoms with Crippen molar-refractivity contribution in [1.82, 2.24) is 9.97 Å². The average Bonchev–Trinajstić information content (AvgIpc) is 2.33. The number of hydrogen-bond acceptors (Lipinski definition) is 4. The van der Waals surface area contributed by atoms with E-state index >= 15 is 0 Å². The summed E-state index contributed by atoms with van der Waals surface area (Å²) in [5, 5.41) is 4.04. The van der Waals surface area contributed by atoms with E-state index in [1.165, 1.54) is 0 Å². The van der Waals surface area contributed by atoms with Gasteiger partial charge in [0.05, 0.1) is 6.21 Å². The summed E-state index contributed by atoms with van der Waals surface area (Å²) < 4.78 is 0. The summed E-state index contributed by atoms with van der Waals surface area (Å²) in [4.78, 5) is 8.15. The highest BCUT2D eigenvalue weighted by molar-refractivity contribution is 6.31. The summed E-state index contributed by atoms with van der Waals surface area (Å²) in [6, 6.07) is 9.84. The molecule has 0 spiro atoms. The van der Waals surface area contributed by atoms with Crippen LogP contribution in [0.25, 0.3) is 0 Å². The van der Waals surface area contributed by atoms with Gasteiger partial charge in [0.1, 0.15) is 7.85 Å². The molecule has 0 bridgehead atoms. The Labute approximate surface area is 94.9 Å².